The topological polar surface area (TPSA) is 21.3 Å². The van der Waals surface area contributed by atoms with Gasteiger partial charge in [0, 0.05) is 15.8 Å². The number of ether oxygens (including phenoxy) is 1. The van der Waals surface area contributed by atoms with E-state index in [2.05, 4.69) is 27.9 Å². The Bertz CT molecular complexity index is 545. The average molecular weight is 357 g/mol. The van der Waals surface area contributed by atoms with E-state index in [1.54, 1.807) is 6.07 Å². The van der Waals surface area contributed by atoms with Gasteiger partial charge in [0.15, 0.2) is 11.6 Å². The van der Waals surface area contributed by atoms with Crippen LogP contribution in [0.5, 0.6) is 5.75 Å². The minimum atomic E-state index is -0.334. The fraction of sp³-hybridized carbons (Fsp3) is 0.143. The molecule has 2 nitrogen and oxygen atoms in total. The summed E-state index contributed by atoms with van der Waals surface area (Å²) < 4.78 is 19.5. The van der Waals surface area contributed by atoms with Crippen molar-refractivity contribution in [1.82, 2.24) is 0 Å². The SMILES string of the molecule is COc1ccc(CNc2cccc(I)c2)cc1F. The molecule has 0 spiro atoms. The molecule has 0 saturated heterocycles. The van der Waals surface area contributed by atoms with Crippen LogP contribution in [0.15, 0.2) is 42.5 Å². The second kappa shape index (κ2) is 6.04. The van der Waals surface area contributed by atoms with Crippen molar-refractivity contribution in [2.24, 2.45) is 0 Å². The first-order valence-electron chi connectivity index (χ1n) is 5.51. The van der Waals surface area contributed by atoms with Gasteiger partial charge in [-0.15, -0.1) is 0 Å². The Morgan fingerprint density at radius 2 is 2.06 bits per heavy atom. The van der Waals surface area contributed by atoms with Gasteiger partial charge < -0.3 is 10.1 Å². The molecule has 94 valence electrons. The summed E-state index contributed by atoms with van der Waals surface area (Å²) in [7, 11) is 1.46. The number of benzene rings is 2. The summed E-state index contributed by atoms with van der Waals surface area (Å²) in [6.45, 7) is 0.584. The lowest BCUT2D eigenvalue weighted by Gasteiger charge is -2.08. The van der Waals surface area contributed by atoms with Crippen molar-refractivity contribution >= 4 is 28.3 Å². The van der Waals surface area contributed by atoms with E-state index in [9.17, 15) is 4.39 Å². The molecule has 2 aromatic carbocycles. The van der Waals surface area contributed by atoms with Gasteiger partial charge in [0.2, 0.25) is 0 Å². The third-order valence-corrected chi connectivity index (χ3v) is 3.21. The smallest absolute Gasteiger partial charge is 0.165 e. The zero-order valence-corrected chi connectivity index (χ0v) is 12.1. The second-order valence-corrected chi connectivity index (χ2v) is 5.08. The maximum Gasteiger partial charge on any atom is 0.165 e. The van der Waals surface area contributed by atoms with Gasteiger partial charge in [-0.25, -0.2) is 4.39 Å². The third-order valence-electron chi connectivity index (χ3n) is 2.54. The Kier molecular flexibility index (Phi) is 4.41. The number of nitrogens with one attached hydrogen (secondary N) is 1. The van der Waals surface area contributed by atoms with Crippen molar-refractivity contribution in [1.29, 1.82) is 0 Å². The van der Waals surface area contributed by atoms with Gasteiger partial charge >= 0.3 is 0 Å². The molecule has 0 fully saturated rings. The summed E-state index contributed by atoms with van der Waals surface area (Å²) in [6.07, 6.45) is 0. The maximum absolute atomic E-state index is 13.5. The van der Waals surface area contributed by atoms with Crippen LogP contribution < -0.4 is 10.1 Å². The van der Waals surface area contributed by atoms with E-state index in [0.29, 0.717) is 6.54 Å². The van der Waals surface area contributed by atoms with Crippen LogP contribution in [0.4, 0.5) is 10.1 Å². The zero-order valence-electron chi connectivity index (χ0n) is 9.91. The van der Waals surface area contributed by atoms with Crippen molar-refractivity contribution in [3.63, 3.8) is 0 Å². The highest BCUT2D eigenvalue weighted by Gasteiger charge is 2.03. The zero-order chi connectivity index (χ0) is 13.0. The molecule has 0 saturated carbocycles. The summed E-state index contributed by atoms with van der Waals surface area (Å²) >= 11 is 2.26. The largest absolute Gasteiger partial charge is 0.494 e. The molecule has 0 aliphatic heterocycles. The Morgan fingerprint density at radius 3 is 2.72 bits per heavy atom. The van der Waals surface area contributed by atoms with Gasteiger partial charge in [0.25, 0.3) is 0 Å². The van der Waals surface area contributed by atoms with Gasteiger partial charge in [-0.3, -0.25) is 0 Å². The molecule has 0 aliphatic carbocycles. The van der Waals surface area contributed by atoms with E-state index in [1.165, 1.54) is 16.7 Å². The van der Waals surface area contributed by atoms with Crippen molar-refractivity contribution < 1.29 is 9.13 Å². The Balaban J connectivity index is 2.04. The Hall–Kier alpha value is -1.30. The van der Waals surface area contributed by atoms with Crippen LogP contribution >= 0.6 is 22.6 Å². The molecular formula is C14H13FINO. The summed E-state index contributed by atoms with van der Waals surface area (Å²) in [5, 5.41) is 3.25. The molecule has 0 bridgehead atoms. The van der Waals surface area contributed by atoms with Crippen LogP contribution in [0.1, 0.15) is 5.56 Å². The monoisotopic (exact) mass is 357 g/mol. The van der Waals surface area contributed by atoms with Crippen LogP contribution in [-0.4, -0.2) is 7.11 Å². The van der Waals surface area contributed by atoms with E-state index in [1.807, 2.05) is 30.3 Å². The molecule has 0 heterocycles. The van der Waals surface area contributed by atoms with Crippen molar-refractivity contribution in [3.8, 4) is 5.75 Å². The van der Waals surface area contributed by atoms with Gasteiger partial charge in [-0.05, 0) is 58.5 Å². The number of anilines is 1. The molecule has 18 heavy (non-hydrogen) atoms. The quantitative estimate of drug-likeness (QED) is 0.834. The standard InChI is InChI=1S/C14H13FINO/c1-18-14-6-5-10(7-13(14)15)9-17-12-4-2-3-11(16)8-12/h2-8,17H,9H2,1H3. The van der Waals surface area contributed by atoms with Crippen molar-refractivity contribution in [3.05, 3.63) is 57.4 Å². The molecule has 0 amide bonds. The van der Waals surface area contributed by atoms with Crippen LogP contribution in [0.2, 0.25) is 0 Å². The van der Waals surface area contributed by atoms with Gasteiger partial charge in [0.05, 0.1) is 7.11 Å². The summed E-state index contributed by atoms with van der Waals surface area (Å²) in [6, 6.07) is 13.0. The number of methoxy groups -OCH3 is 1. The highest BCUT2D eigenvalue weighted by atomic mass is 127. The van der Waals surface area contributed by atoms with Crippen LogP contribution in [0, 0.1) is 9.39 Å². The number of hydrogen-bond acceptors (Lipinski definition) is 2. The lowest BCUT2D eigenvalue weighted by molar-refractivity contribution is 0.386. The van der Waals surface area contributed by atoms with E-state index in [-0.39, 0.29) is 11.6 Å². The highest BCUT2D eigenvalue weighted by Crippen LogP contribution is 2.19. The number of hydrogen-bond donors (Lipinski definition) is 1. The average Bonchev–Trinajstić information content (AvgIpc) is 2.37. The first kappa shape index (κ1) is 13.1. The lowest BCUT2D eigenvalue weighted by Crippen LogP contribution is -2.00. The Morgan fingerprint density at radius 1 is 1.22 bits per heavy atom. The molecule has 0 unspecified atom stereocenters. The van der Waals surface area contributed by atoms with Gasteiger partial charge in [-0.2, -0.15) is 0 Å². The molecule has 4 heteroatoms. The third kappa shape index (κ3) is 3.35. The highest BCUT2D eigenvalue weighted by molar-refractivity contribution is 14.1. The molecule has 2 rings (SSSR count). The normalized spacial score (nSPS) is 10.2. The predicted octanol–water partition coefficient (Wildman–Crippen LogP) is 4.05. The number of halogens is 2. The lowest BCUT2D eigenvalue weighted by atomic mass is 10.2. The predicted molar refractivity (Wildman–Crippen MR) is 79.4 cm³/mol. The van der Waals surface area contributed by atoms with Crippen LogP contribution in [-0.2, 0) is 6.54 Å². The molecule has 1 N–H and O–H groups in total. The maximum atomic E-state index is 13.5. The van der Waals surface area contributed by atoms with Gasteiger partial charge in [-0.1, -0.05) is 12.1 Å². The molecule has 0 atom stereocenters. The molecule has 0 aromatic heterocycles. The Labute approximate surface area is 119 Å². The fourth-order valence-corrected chi connectivity index (χ4v) is 2.17. The molecular weight excluding hydrogens is 344 g/mol. The van der Waals surface area contributed by atoms with Crippen molar-refractivity contribution in [2.75, 3.05) is 12.4 Å². The number of rotatable bonds is 4. The van der Waals surface area contributed by atoms with E-state index in [0.717, 1.165) is 11.3 Å². The second-order valence-electron chi connectivity index (χ2n) is 3.83. The first-order chi connectivity index (χ1) is 8.69. The minimum absolute atomic E-state index is 0.271. The van der Waals surface area contributed by atoms with Gasteiger partial charge in [0.1, 0.15) is 0 Å². The van der Waals surface area contributed by atoms with Crippen LogP contribution in [0.25, 0.3) is 0 Å². The van der Waals surface area contributed by atoms with Crippen LogP contribution in [0.3, 0.4) is 0 Å². The first-order valence-corrected chi connectivity index (χ1v) is 6.59. The molecule has 0 radical (unpaired) electrons. The van der Waals surface area contributed by atoms with Crippen molar-refractivity contribution in [2.45, 2.75) is 6.54 Å². The van der Waals surface area contributed by atoms with E-state index < -0.39 is 0 Å². The minimum Gasteiger partial charge on any atom is -0.494 e. The molecule has 0 aliphatic rings. The summed E-state index contributed by atoms with van der Waals surface area (Å²) in [5.41, 5.74) is 1.91. The summed E-state index contributed by atoms with van der Waals surface area (Å²) in [4.78, 5) is 0. The fourth-order valence-electron chi connectivity index (χ4n) is 1.62. The molecule has 2 aromatic rings. The van der Waals surface area contributed by atoms with E-state index >= 15 is 0 Å². The summed E-state index contributed by atoms with van der Waals surface area (Å²) in [5.74, 6) is -0.0625. The van der Waals surface area contributed by atoms with E-state index in [4.69, 9.17) is 4.74 Å².